The fourth-order valence-corrected chi connectivity index (χ4v) is 3.70. The summed E-state index contributed by atoms with van der Waals surface area (Å²) < 4.78 is 48.9. The zero-order valence-corrected chi connectivity index (χ0v) is 14.6. The van der Waals surface area contributed by atoms with Crippen molar-refractivity contribution < 1.29 is 22.6 Å². The maximum atomic E-state index is 12.7. The summed E-state index contributed by atoms with van der Waals surface area (Å²) >= 11 is -0.140. The van der Waals surface area contributed by atoms with E-state index in [2.05, 4.69) is 4.90 Å². The molecule has 0 bridgehead atoms. The molecule has 1 aliphatic rings. The van der Waals surface area contributed by atoms with E-state index in [0.29, 0.717) is 6.54 Å². The number of thioether (sulfide) groups is 1. The summed E-state index contributed by atoms with van der Waals surface area (Å²) in [5, 5.41) is 0. The van der Waals surface area contributed by atoms with Gasteiger partial charge in [0.2, 0.25) is 0 Å². The van der Waals surface area contributed by atoms with Gasteiger partial charge in [-0.15, -0.1) is 0 Å². The lowest BCUT2D eigenvalue weighted by atomic mass is 10.0. The molecule has 0 amide bonds. The molecule has 0 aromatic heterocycles. The van der Waals surface area contributed by atoms with Gasteiger partial charge >= 0.3 is 5.51 Å². The van der Waals surface area contributed by atoms with Gasteiger partial charge in [-0.05, 0) is 50.2 Å². The summed E-state index contributed by atoms with van der Waals surface area (Å²) in [4.78, 5) is 2.30. The van der Waals surface area contributed by atoms with Gasteiger partial charge in [-0.3, -0.25) is 4.90 Å². The van der Waals surface area contributed by atoms with Gasteiger partial charge in [-0.25, -0.2) is 0 Å². The largest absolute Gasteiger partial charge is 0.496 e. The Morgan fingerprint density at radius 2 is 2.09 bits per heavy atom. The Balaban J connectivity index is 2.15. The second kappa shape index (κ2) is 6.91. The highest BCUT2D eigenvalue weighted by Gasteiger charge is 2.32. The average Bonchev–Trinajstić information content (AvgIpc) is 2.34. The van der Waals surface area contributed by atoms with E-state index in [1.807, 2.05) is 26.8 Å². The molecule has 0 radical (unpaired) electrons. The van der Waals surface area contributed by atoms with Crippen molar-refractivity contribution in [2.45, 2.75) is 49.4 Å². The minimum atomic E-state index is -4.33. The monoisotopic (exact) mass is 349 g/mol. The molecule has 1 aromatic rings. The number of methoxy groups -OCH3 is 1. The molecule has 3 nitrogen and oxygen atoms in total. The Hall–Kier alpha value is -0.920. The molecule has 1 aromatic carbocycles. The van der Waals surface area contributed by atoms with Gasteiger partial charge in [0.05, 0.1) is 23.7 Å². The number of halogens is 3. The first-order chi connectivity index (χ1) is 10.6. The number of morpholine rings is 1. The lowest BCUT2D eigenvalue weighted by molar-refractivity contribution is -0.130. The molecule has 0 spiro atoms. The molecule has 23 heavy (non-hydrogen) atoms. The Kier molecular flexibility index (Phi) is 5.53. The molecule has 1 saturated heterocycles. The molecule has 0 aliphatic carbocycles. The zero-order valence-electron chi connectivity index (χ0n) is 13.7. The summed E-state index contributed by atoms with van der Waals surface area (Å²) in [6.07, 6.45) is 0.0982. The molecule has 130 valence electrons. The van der Waals surface area contributed by atoms with Gasteiger partial charge in [-0.2, -0.15) is 13.2 Å². The predicted molar refractivity (Wildman–Crippen MR) is 84.8 cm³/mol. The zero-order chi connectivity index (χ0) is 17.3. The predicted octanol–water partition coefficient (Wildman–Crippen LogP) is 4.31. The molecule has 1 aliphatic heterocycles. The molecule has 1 heterocycles. The van der Waals surface area contributed by atoms with E-state index in [0.717, 1.165) is 18.7 Å². The second-order valence-electron chi connectivity index (χ2n) is 6.39. The number of hydrogen-bond donors (Lipinski definition) is 0. The second-order valence-corrected chi connectivity index (χ2v) is 7.50. The average molecular weight is 349 g/mol. The van der Waals surface area contributed by atoms with Gasteiger partial charge in [0.1, 0.15) is 5.75 Å². The highest BCUT2D eigenvalue weighted by atomic mass is 32.2. The van der Waals surface area contributed by atoms with Crippen LogP contribution in [0, 0.1) is 0 Å². The van der Waals surface area contributed by atoms with E-state index in [9.17, 15) is 13.2 Å². The van der Waals surface area contributed by atoms with Crippen LogP contribution in [0.2, 0.25) is 0 Å². The topological polar surface area (TPSA) is 21.7 Å². The first-order valence-electron chi connectivity index (χ1n) is 7.41. The summed E-state index contributed by atoms with van der Waals surface area (Å²) in [6.45, 7) is 8.14. The van der Waals surface area contributed by atoms with Crippen LogP contribution in [0.3, 0.4) is 0 Å². The molecule has 0 N–H and O–H groups in total. The Bertz CT molecular complexity index is 549. The standard InChI is InChI=1S/C16H22F3NO2S/c1-11-8-20(10-15(2,3)22-11)9-12-5-6-13(21-4)14(7-12)23-16(17,18)19/h5-7,11H,8-10H2,1-4H3/t11-/m1/s1. The van der Waals surface area contributed by atoms with Crippen molar-refractivity contribution in [1.29, 1.82) is 0 Å². The van der Waals surface area contributed by atoms with Crippen molar-refractivity contribution in [3.05, 3.63) is 23.8 Å². The lowest BCUT2D eigenvalue weighted by Crippen LogP contribution is -2.51. The highest BCUT2D eigenvalue weighted by Crippen LogP contribution is 2.42. The molecule has 0 saturated carbocycles. The van der Waals surface area contributed by atoms with Crippen molar-refractivity contribution in [1.82, 2.24) is 4.90 Å². The van der Waals surface area contributed by atoms with Crippen LogP contribution >= 0.6 is 11.8 Å². The lowest BCUT2D eigenvalue weighted by Gasteiger charge is -2.41. The van der Waals surface area contributed by atoms with E-state index in [1.165, 1.54) is 7.11 Å². The van der Waals surface area contributed by atoms with Crippen molar-refractivity contribution in [2.24, 2.45) is 0 Å². The summed E-state index contributed by atoms with van der Waals surface area (Å²) in [7, 11) is 1.38. The maximum Gasteiger partial charge on any atom is 0.446 e. The molecule has 0 unspecified atom stereocenters. The van der Waals surface area contributed by atoms with E-state index in [-0.39, 0.29) is 34.1 Å². The molecular weight excluding hydrogens is 327 g/mol. The van der Waals surface area contributed by atoms with Crippen LogP contribution in [-0.4, -0.2) is 42.3 Å². The Morgan fingerprint density at radius 1 is 1.39 bits per heavy atom. The summed E-state index contributed by atoms with van der Waals surface area (Å²) in [6, 6.07) is 4.97. The van der Waals surface area contributed by atoms with Crippen LogP contribution < -0.4 is 4.74 Å². The minimum absolute atomic E-state index is 0.0954. The third kappa shape index (κ3) is 5.58. The normalized spacial score (nSPS) is 22.1. The van der Waals surface area contributed by atoms with Crippen LogP contribution in [0.4, 0.5) is 13.2 Å². The number of benzene rings is 1. The number of nitrogens with zero attached hydrogens (tertiary/aromatic N) is 1. The van der Waals surface area contributed by atoms with E-state index in [4.69, 9.17) is 9.47 Å². The molecule has 1 fully saturated rings. The van der Waals surface area contributed by atoms with Crippen molar-refractivity contribution in [3.8, 4) is 5.75 Å². The number of ether oxygens (including phenoxy) is 2. The Labute approximate surface area is 139 Å². The SMILES string of the molecule is COc1ccc(CN2C[C@@H](C)OC(C)(C)C2)cc1SC(F)(F)F. The van der Waals surface area contributed by atoms with Crippen molar-refractivity contribution in [2.75, 3.05) is 20.2 Å². The third-order valence-corrected chi connectivity index (χ3v) is 4.27. The van der Waals surface area contributed by atoms with Crippen LogP contribution in [-0.2, 0) is 11.3 Å². The van der Waals surface area contributed by atoms with Crippen LogP contribution in [0.25, 0.3) is 0 Å². The summed E-state index contributed by atoms with van der Waals surface area (Å²) in [5.74, 6) is 0.242. The highest BCUT2D eigenvalue weighted by molar-refractivity contribution is 8.00. The molecule has 7 heteroatoms. The maximum absolute atomic E-state index is 12.7. The first kappa shape index (κ1) is 18.4. The first-order valence-corrected chi connectivity index (χ1v) is 8.22. The molecular formula is C16H22F3NO2S. The van der Waals surface area contributed by atoms with Crippen LogP contribution in [0.5, 0.6) is 5.75 Å². The minimum Gasteiger partial charge on any atom is -0.496 e. The Morgan fingerprint density at radius 3 is 2.65 bits per heavy atom. The fraction of sp³-hybridized carbons (Fsp3) is 0.625. The van der Waals surface area contributed by atoms with Crippen molar-refractivity contribution >= 4 is 11.8 Å². The van der Waals surface area contributed by atoms with Crippen LogP contribution in [0.1, 0.15) is 26.3 Å². The fourth-order valence-electron chi connectivity index (χ4n) is 2.99. The van der Waals surface area contributed by atoms with Crippen molar-refractivity contribution in [3.63, 3.8) is 0 Å². The number of hydrogen-bond acceptors (Lipinski definition) is 4. The van der Waals surface area contributed by atoms with Crippen LogP contribution in [0.15, 0.2) is 23.1 Å². The van der Waals surface area contributed by atoms with Gasteiger partial charge in [0, 0.05) is 19.6 Å². The number of alkyl halides is 3. The van der Waals surface area contributed by atoms with E-state index < -0.39 is 5.51 Å². The number of rotatable bonds is 4. The smallest absolute Gasteiger partial charge is 0.446 e. The van der Waals surface area contributed by atoms with E-state index in [1.54, 1.807) is 12.1 Å². The van der Waals surface area contributed by atoms with Gasteiger partial charge in [-0.1, -0.05) is 6.07 Å². The van der Waals surface area contributed by atoms with Gasteiger partial charge < -0.3 is 9.47 Å². The molecule has 1 atom stereocenters. The van der Waals surface area contributed by atoms with Gasteiger partial charge in [0.25, 0.3) is 0 Å². The molecule has 2 rings (SSSR count). The van der Waals surface area contributed by atoms with E-state index >= 15 is 0 Å². The quantitative estimate of drug-likeness (QED) is 0.755. The third-order valence-electron chi connectivity index (χ3n) is 3.50. The van der Waals surface area contributed by atoms with Gasteiger partial charge in [0.15, 0.2) is 0 Å². The summed E-state index contributed by atoms with van der Waals surface area (Å²) in [5.41, 5.74) is -3.75.